The third kappa shape index (κ3) is 43.4. The predicted molar refractivity (Wildman–Crippen MR) is 446 cm³/mol. The van der Waals surface area contributed by atoms with Gasteiger partial charge in [-0.25, -0.2) is 35.0 Å². The van der Waals surface area contributed by atoms with Crippen LogP contribution in [0.5, 0.6) is 0 Å². The molecule has 8 aromatic rings. The number of carbonyl (C=O) groups excluding carboxylic acids is 2. The summed E-state index contributed by atoms with van der Waals surface area (Å²) in [5, 5.41) is 0. The fourth-order valence-corrected chi connectivity index (χ4v) is 10.9. The van der Waals surface area contributed by atoms with Gasteiger partial charge in [-0.2, -0.15) is 228 Å². The van der Waals surface area contributed by atoms with E-state index < -0.39 is 0 Å². The van der Waals surface area contributed by atoms with Crippen molar-refractivity contribution in [1.82, 2.24) is 0 Å². The zero-order valence-corrected chi connectivity index (χ0v) is 94.5. The molecule has 11 heteroatoms. The average Bonchev–Trinajstić information content (AvgIpc) is 0.844. The molecule has 0 fully saturated rings. The first-order valence-corrected chi connectivity index (χ1v) is 36.0. The van der Waals surface area contributed by atoms with Crippen molar-refractivity contribution in [3.63, 3.8) is 0 Å². The molecule has 0 aliphatic rings. The van der Waals surface area contributed by atoms with Crippen LogP contribution in [0.15, 0.2) is 60.7 Å². The Labute approximate surface area is 846 Å². The Hall–Kier alpha value is -0.223. The topological polar surface area (TPSA) is 40.6 Å². The summed E-state index contributed by atoms with van der Waals surface area (Å²) >= 11 is 0. The first-order chi connectivity index (χ1) is 47.4. The number of rotatable bonds is 12. The Morgan fingerprint density at radius 2 is 0.844 bits per heavy atom. The van der Waals surface area contributed by atoms with E-state index in [1.54, 1.807) is 38.7 Å². The Balaban J connectivity index is -0.000000216. The van der Waals surface area contributed by atoms with E-state index >= 15 is 0 Å². The van der Waals surface area contributed by atoms with E-state index in [-0.39, 0.29) is 235 Å². The summed E-state index contributed by atoms with van der Waals surface area (Å²) in [7, 11) is 3.41. The number of benzene rings is 8. The molecular formula is C98H128N2O2Y7-14. The zero-order chi connectivity index (χ0) is 78.5. The van der Waals surface area contributed by atoms with E-state index in [9.17, 15) is 9.59 Å². The van der Waals surface area contributed by atoms with Crippen LogP contribution in [0.3, 0.4) is 0 Å². The molecule has 0 saturated carbocycles. The summed E-state index contributed by atoms with van der Waals surface area (Å²) in [6.45, 7) is 74.0. The van der Waals surface area contributed by atoms with Crippen molar-refractivity contribution in [3.05, 3.63) is 301 Å². The van der Waals surface area contributed by atoms with Crippen LogP contribution < -0.4 is 9.80 Å². The molecule has 0 bridgehead atoms. The molecule has 0 aliphatic heterocycles. The summed E-state index contributed by atoms with van der Waals surface area (Å²) in [5.74, 6) is 4.86. The van der Waals surface area contributed by atoms with Crippen molar-refractivity contribution in [2.45, 2.75) is 261 Å². The molecule has 8 rings (SSSR count). The van der Waals surface area contributed by atoms with Crippen LogP contribution in [0.25, 0.3) is 11.6 Å². The number of aryl methyl sites for hydroxylation is 19. The maximum atomic E-state index is 11.4. The van der Waals surface area contributed by atoms with E-state index in [0.717, 1.165) is 35.3 Å². The second-order valence-corrected chi connectivity index (χ2v) is 28.9. The standard InChI is InChI=1S/C14H20.2C13H18.C13H16.C12H15NO.C12H14.C11H16.C10H11NO.7Y/c1-9(2)13(6)14-8-11(4)10(3)7-12(14)5;1-9(2)6-13-8-11(4)10(3)7-12(13)5;1-9(2)6-13-8-10(3)7-11(4)12(13)5;1-6-9(2)13-8-11(4)10(3)7-12(13)5;1-5-12(14)13(4)11-7-6-9(2)10(3)8-11;1-5-6-12-8-9(2)7-10(3)11(12)4;1-7-6-8(2)10(4)11(5)9(7)3;1-8-4-5-10(6-9(8)2)11(3)7-12;;;;;;;/h7,13H,1-6H3;2*7H,6H2,1-5H3;7H,1-5H3;5-6,8H,1-4H3;6-7H,1-4H3;6H,1-5H3;4,6H,1-3H3;;;;;;;/q6*-2;;-2;;;;;;;. The first kappa shape index (κ1) is 122. The number of carbonyl (C=O) groups is 1. The summed E-state index contributed by atoms with van der Waals surface area (Å²) < 4.78 is 0. The number of allylic oxidation sites excluding steroid dienone is 3. The fraction of sp³-hybridized carbons (Fsp3) is 0.408. The van der Waals surface area contributed by atoms with E-state index in [1.807, 2.05) is 71.9 Å². The van der Waals surface area contributed by atoms with Gasteiger partial charge in [0.15, 0.2) is 0 Å². The van der Waals surface area contributed by atoms with Gasteiger partial charge in [0.2, 0.25) is 0 Å². The van der Waals surface area contributed by atoms with Crippen molar-refractivity contribution < 1.29 is 239 Å². The van der Waals surface area contributed by atoms with Crippen LogP contribution in [0.2, 0.25) is 0 Å². The molecule has 8 aromatic carbocycles. The molecule has 0 aliphatic carbocycles. The minimum atomic E-state index is -0.00972. The van der Waals surface area contributed by atoms with Crippen LogP contribution in [-0.4, -0.2) is 26.4 Å². The summed E-state index contributed by atoms with van der Waals surface area (Å²) in [4.78, 5) is 24.6. The monoisotopic (exact) mass is 1990 g/mol. The third-order valence-electron chi connectivity index (χ3n) is 19.3. The van der Waals surface area contributed by atoms with Gasteiger partial charge in [-0.05, 0) is 69.5 Å². The van der Waals surface area contributed by atoms with Gasteiger partial charge in [0.25, 0.3) is 0 Å². The van der Waals surface area contributed by atoms with Gasteiger partial charge in [-0.3, -0.25) is 11.6 Å². The molecule has 0 aromatic heterocycles. The Morgan fingerprint density at radius 3 is 1.28 bits per heavy atom. The van der Waals surface area contributed by atoms with E-state index in [0.29, 0.717) is 5.92 Å². The normalized spacial score (nSPS) is 10.3. The molecule has 1 atom stereocenters. The molecule has 1 unspecified atom stereocenters. The minimum Gasteiger partial charge on any atom is -0.501 e. The van der Waals surface area contributed by atoms with Gasteiger partial charge >= 0.3 is 0 Å². The summed E-state index contributed by atoms with van der Waals surface area (Å²) in [6.07, 6.45) is 13.6. The van der Waals surface area contributed by atoms with E-state index in [2.05, 4.69) is 285 Å². The number of nitrogens with zero attached hydrogens (tertiary/aromatic N) is 2. The molecule has 0 N–H and O–H groups in total. The Kier molecular flexibility index (Phi) is 69.4. The molecule has 577 valence electrons. The Bertz CT molecular complexity index is 4070. The Morgan fingerprint density at radius 1 is 0.450 bits per heavy atom. The number of hydrogen-bond donors (Lipinski definition) is 0. The van der Waals surface area contributed by atoms with Crippen molar-refractivity contribution in [1.29, 1.82) is 0 Å². The van der Waals surface area contributed by atoms with Crippen LogP contribution in [0, 0.1) is 245 Å². The predicted octanol–water partition coefficient (Wildman–Crippen LogP) is 25.3. The van der Waals surface area contributed by atoms with Crippen LogP contribution in [-0.2, 0) is 251 Å². The quantitative estimate of drug-likeness (QED) is 0.0903. The molecule has 2 amide bonds. The maximum Gasteiger partial charge on any atom is 0.0871 e. The van der Waals surface area contributed by atoms with Crippen LogP contribution in [0.1, 0.15) is 243 Å². The van der Waals surface area contributed by atoms with Crippen LogP contribution in [0.4, 0.5) is 11.4 Å². The number of hydrogen-bond acceptors (Lipinski definition) is 2. The SMILES string of the molecule is C[C-]=C(C)c1[c-]c(C)c(C)cc1C.C[C-]=Cc1[c-]c(C)cc(C)c1C.C[CH-]C(=O)N(C)c1[c-]cc(C)c(C)c1.Cc1[c-]c(C(C)[C-](C)C)c(C)cc1C.Cc1[c-]c(C[C-](C)C)c(C)c(C)c1.Cc1[c-]c(C[C-](C)C)c(C)cc1C.Cc1c[c-]c(N(C)[C-]=O)cc1C.Cc1cc(C)c(C)c(C)c1C.[Y].[Y].[Y].[Y].[Y].[Y].[Y]. The summed E-state index contributed by atoms with van der Waals surface area (Å²) in [6, 6.07) is 44.2. The number of amides is 2. The average molecular weight is 1990 g/mol. The van der Waals surface area contributed by atoms with E-state index in [1.165, 1.54) is 178 Å². The van der Waals surface area contributed by atoms with Gasteiger partial charge in [0.05, 0.1) is 12.3 Å². The summed E-state index contributed by atoms with van der Waals surface area (Å²) in [5.41, 5.74) is 40.7. The molecule has 0 heterocycles. The molecule has 0 saturated heterocycles. The smallest absolute Gasteiger partial charge is 0.0871 e. The largest absolute Gasteiger partial charge is 0.501 e. The van der Waals surface area contributed by atoms with Gasteiger partial charge in [-0.15, -0.1) is 44.0 Å². The number of anilines is 2. The van der Waals surface area contributed by atoms with E-state index in [4.69, 9.17) is 0 Å². The molecule has 0 spiro atoms. The second kappa shape index (κ2) is 62.0. The second-order valence-electron chi connectivity index (χ2n) is 28.9. The van der Waals surface area contributed by atoms with Crippen LogP contribution >= 0.6 is 0 Å². The minimum absolute atomic E-state index is 0. The van der Waals surface area contributed by atoms with Gasteiger partial charge in [0, 0.05) is 236 Å². The fourth-order valence-electron chi connectivity index (χ4n) is 10.9. The van der Waals surface area contributed by atoms with Gasteiger partial charge in [-0.1, -0.05) is 150 Å². The molecular weight excluding hydrogens is 1860 g/mol. The third-order valence-corrected chi connectivity index (χ3v) is 19.3. The van der Waals surface area contributed by atoms with Crippen molar-refractivity contribution in [2.75, 3.05) is 23.9 Å². The molecule has 109 heavy (non-hydrogen) atoms. The van der Waals surface area contributed by atoms with Crippen molar-refractivity contribution >= 4 is 35.3 Å². The molecule has 7 radical (unpaired) electrons. The van der Waals surface area contributed by atoms with Gasteiger partial charge in [0.1, 0.15) is 0 Å². The maximum absolute atomic E-state index is 11.4. The molecule has 4 nitrogen and oxygen atoms in total. The van der Waals surface area contributed by atoms with Gasteiger partial charge < -0.3 is 72.9 Å². The van der Waals surface area contributed by atoms with Crippen molar-refractivity contribution in [3.8, 4) is 0 Å². The van der Waals surface area contributed by atoms with Crippen molar-refractivity contribution in [2.24, 2.45) is 0 Å². The zero-order valence-electron chi connectivity index (χ0n) is 74.7. The first-order valence-electron chi connectivity index (χ1n) is 36.0.